The summed E-state index contributed by atoms with van der Waals surface area (Å²) in [6.07, 6.45) is 1.98. The predicted molar refractivity (Wildman–Crippen MR) is 124 cm³/mol. The van der Waals surface area contributed by atoms with Gasteiger partial charge in [0.05, 0.1) is 0 Å². The SMILES string of the molecule is Cc1nnc(CN=C(NCCc2cccs2)NCCc2cccs2)n1C.I. The van der Waals surface area contributed by atoms with E-state index < -0.39 is 0 Å². The van der Waals surface area contributed by atoms with E-state index in [1.54, 1.807) is 22.7 Å². The van der Waals surface area contributed by atoms with Crippen LogP contribution in [0.3, 0.4) is 0 Å². The zero-order chi connectivity index (χ0) is 18.2. The molecule has 0 atom stereocenters. The lowest BCUT2D eigenvalue weighted by Crippen LogP contribution is -2.39. The molecule has 0 aliphatic heterocycles. The first-order valence-corrected chi connectivity index (χ1v) is 10.4. The van der Waals surface area contributed by atoms with Gasteiger partial charge in [-0.3, -0.25) is 0 Å². The Morgan fingerprint density at radius 2 is 1.63 bits per heavy atom. The first-order chi connectivity index (χ1) is 12.7. The van der Waals surface area contributed by atoms with Gasteiger partial charge in [0.2, 0.25) is 0 Å². The van der Waals surface area contributed by atoms with E-state index in [0.717, 1.165) is 43.5 Å². The average Bonchev–Trinajstić information content (AvgIpc) is 3.38. The summed E-state index contributed by atoms with van der Waals surface area (Å²) >= 11 is 3.57. The minimum atomic E-state index is 0. The van der Waals surface area contributed by atoms with Crippen molar-refractivity contribution in [1.82, 2.24) is 25.4 Å². The Labute approximate surface area is 185 Å². The molecule has 0 aliphatic carbocycles. The largest absolute Gasteiger partial charge is 0.356 e. The fourth-order valence-electron chi connectivity index (χ4n) is 2.43. The third kappa shape index (κ3) is 6.89. The maximum absolute atomic E-state index is 4.68. The molecule has 3 aromatic heterocycles. The van der Waals surface area contributed by atoms with Crippen LogP contribution >= 0.6 is 46.7 Å². The first kappa shape index (κ1) is 21.8. The van der Waals surface area contributed by atoms with Gasteiger partial charge >= 0.3 is 0 Å². The Morgan fingerprint density at radius 1 is 1.04 bits per heavy atom. The zero-order valence-electron chi connectivity index (χ0n) is 15.5. The van der Waals surface area contributed by atoms with E-state index in [1.807, 2.05) is 18.5 Å². The van der Waals surface area contributed by atoms with E-state index in [9.17, 15) is 0 Å². The smallest absolute Gasteiger partial charge is 0.191 e. The molecule has 6 nitrogen and oxygen atoms in total. The lowest BCUT2D eigenvalue weighted by Gasteiger charge is -2.12. The summed E-state index contributed by atoms with van der Waals surface area (Å²) in [4.78, 5) is 7.43. The second-order valence-electron chi connectivity index (χ2n) is 5.90. The molecule has 27 heavy (non-hydrogen) atoms. The van der Waals surface area contributed by atoms with Gasteiger partial charge in [-0.25, -0.2) is 4.99 Å². The van der Waals surface area contributed by atoms with Crippen LogP contribution in [-0.4, -0.2) is 33.8 Å². The van der Waals surface area contributed by atoms with Crippen LogP contribution < -0.4 is 10.6 Å². The van der Waals surface area contributed by atoms with E-state index >= 15 is 0 Å². The molecule has 0 unspecified atom stereocenters. The second kappa shape index (κ2) is 11.4. The number of hydrogen-bond acceptors (Lipinski definition) is 5. The highest BCUT2D eigenvalue weighted by molar-refractivity contribution is 14.0. The second-order valence-corrected chi connectivity index (χ2v) is 7.96. The highest BCUT2D eigenvalue weighted by Crippen LogP contribution is 2.09. The number of halogens is 1. The van der Waals surface area contributed by atoms with Crippen molar-refractivity contribution in [1.29, 1.82) is 0 Å². The number of aromatic nitrogens is 3. The lowest BCUT2D eigenvalue weighted by molar-refractivity contribution is 0.747. The number of aryl methyl sites for hydroxylation is 1. The monoisotopic (exact) mass is 516 g/mol. The molecule has 2 N–H and O–H groups in total. The summed E-state index contributed by atoms with van der Waals surface area (Å²) in [6.45, 7) is 4.15. The Kier molecular flexibility index (Phi) is 9.22. The van der Waals surface area contributed by atoms with Crippen molar-refractivity contribution in [3.8, 4) is 0 Å². The molecule has 0 radical (unpaired) electrons. The lowest BCUT2D eigenvalue weighted by atomic mass is 10.3. The van der Waals surface area contributed by atoms with Crippen LogP contribution in [0.5, 0.6) is 0 Å². The van der Waals surface area contributed by atoms with Crippen LogP contribution in [0.1, 0.15) is 21.4 Å². The molecule has 0 aromatic carbocycles. The number of nitrogens with zero attached hydrogens (tertiary/aromatic N) is 4. The van der Waals surface area contributed by atoms with Crippen LogP contribution in [0, 0.1) is 6.92 Å². The van der Waals surface area contributed by atoms with E-state index in [4.69, 9.17) is 0 Å². The van der Waals surface area contributed by atoms with Crippen LogP contribution in [0.4, 0.5) is 0 Å². The molecular formula is C18H25IN6S2. The van der Waals surface area contributed by atoms with Crippen LogP contribution in [0.15, 0.2) is 40.0 Å². The summed E-state index contributed by atoms with van der Waals surface area (Å²) in [5, 5.41) is 19.3. The average molecular weight is 516 g/mol. The summed E-state index contributed by atoms with van der Waals surface area (Å²) in [5.74, 6) is 2.58. The van der Waals surface area contributed by atoms with Crippen molar-refractivity contribution in [3.63, 3.8) is 0 Å². The Bertz CT molecular complexity index is 769. The minimum absolute atomic E-state index is 0. The molecule has 0 saturated carbocycles. The number of nitrogens with one attached hydrogen (secondary N) is 2. The number of hydrogen-bond donors (Lipinski definition) is 2. The van der Waals surface area contributed by atoms with Crippen molar-refractivity contribution < 1.29 is 0 Å². The fraction of sp³-hybridized carbons (Fsp3) is 0.389. The van der Waals surface area contributed by atoms with E-state index in [-0.39, 0.29) is 24.0 Å². The van der Waals surface area contributed by atoms with Gasteiger partial charge in [0.1, 0.15) is 12.4 Å². The Balaban J connectivity index is 0.00000261. The van der Waals surface area contributed by atoms with Crippen molar-refractivity contribution >= 4 is 52.6 Å². The van der Waals surface area contributed by atoms with Crippen molar-refractivity contribution in [2.24, 2.45) is 12.0 Å². The molecule has 0 aliphatic rings. The normalized spacial score (nSPS) is 10.3. The summed E-state index contributed by atoms with van der Waals surface area (Å²) < 4.78 is 1.97. The number of aliphatic imine (C=N–C) groups is 1. The molecule has 0 bridgehead atoms. The van der Waals surface area contributed by atoms with Crippen LogP contribution in [0.2, 0.25) is 0 Å². The fourth-order valence-corrected chi connectivity index (χ4v) is 3.85. The maximum Gasteiger partial charge on any atom is 0.191 e. The Morgan fingerprint density at radius 3 is 2.07 bits per heavy atom. The number of rotatable bonds is 8. The summed E-state index contributed by atoms with van der Waals surface area (Å²) in [5.41, 5.74) is 0. The molecule has 0 spiro atoms. The third-order valence-electron chi connectivity index (χ3n) is 4.05. The molecule has 3 heterocycles. The van der Waals surface area contributed by atoms with Crippen LogP contribution in [0.25, 0.3) is 0 Å². The molecule has 0 amide bonds. The molecule has 3 aromatic rings. The van der Waals surface area contributed by atoms with Crippen molar-refractivity contribution in [2.45, 2.75) is 26.3 Å². The van der Waals surface area contributed by atoms with Gasteiger partial charge in [-0.1, -0.05) is 12.1 Å². The molecule has 146 valence electrons. The van der Waals surface area contributed by atoms with Crippen molar-refractivity contribution in [3.05, 3.63) is 56.4 Å². The van der Waals surface area contributed by atoms with Crippen LogP contribution in [-0.2, 0) is 26.4 Å². The number of guanidine groups is 1. The number of thiophene rings is 2. The third-order valence-corrected chi connectivity index (χ3v) is 5.92. The van der Waals surface area contributed by atoms with E-state index in [1.165, 1.54) is 9.75 Å². The highest BCUT2D eigenvalue weighted by atomic mass is 127. The predicted octanol–water partition coefficient (Wildman–Crippen LogP) is 3.39. The van der Waals surface area contributed by atoms with Gasteiger partial charge in [0, 0.05) is 29.9 Å². The molecule has 0 fully saturated rings. The Hall–Kier alpha value is -1.46. The topological polar surface area (TPSA) is 67.1 Å². The van der Waals surface area contributed by atoms with E-state index in [0.29, 0.717) is 6.54 Å². The van der Waals surface area contributed by atoms with Gasteiger partial charge in [0.25, 0.3) is 0 Å². The molecular weight excluding hydrogens is 491 g/mol. The van der Waals surface area contributed by atoms with Gasteiger partial charge in [-0.2, -0.15) is 0 Å². The standard InChI is InChI=1S/C18H24N6S2.HI/c1-14-22-23-17(24(14)2)13-21-18(19-9-7-15-5-3-11-25-15)20-10-8-16-6-4-12-26-16;/h3-6,11-12H,7-10,13H2,1-2H3,(H2,19,20,21);1H. The first-order valence-electron chi connectivity index (χ1n) is 8.64. The molecule has 0 saturated heterocycles. The van der Waals surface area contributed by atoms with Gasteiger partial charge in [-0.05, 0) is 42.7 Å². The maximum atomic E-state index is 4.68. The van der Waals surface area contributed by atoms with Gasteiger partial charge < -0.3 is 15.2 Å². The quantitative estimate of drug-likeness (QED) is 0.274. The molecule has 9 heteroatoms. The van der Waals surface area contributed by atoms with Crippen molar-refractivity contribution in [2.75, 3.05) is 13.1 Å². The summed E-state index contributed by atoms with van der Waals surface area (Å²) in [7, 11) is 1.97. The molecule has 3 rings (SSSR count). The van der Waals surface area contributed by atoms with Gasteiger partial charge in [-0.15, -0.1) is 56.8 Å². The van der Waals surface area contributed by atoms with E-state index in [2.05, 4.69) is 60.8 Å². The summed E-state index contributed by atoms with van der Waals surface area (Å²) in [6, 6.07) is 8.50. The van der Waals surface area contributed by atoms with Gasteiger partial charge in [0.15, 0.2) is 11.8 Å². The zero-order valence-corrected chi connectivity index (χ0v) is 19.5. The minimum Gasteiger partial charge on any atom is -0.356 e. The highest BCUT2D eigenvalue weighted by Gasteiger charge is 2.05.